The molecular weight excluding hydrogens is 398 g/mol. The minimum absolute atomic E-state index is 0.113. The number of methoxy groups -OCH3 is 1. The Morgan fingerprint density at radius 1 is 1.23 bits per heavy atom. The fraction of sp³-hybridized carbons (Fsp3) is 0.480. The van der Waals surface area contributed by atoms with Crippen LogP contribution in [0.2, 0.25) is 5.02 Å². The molecule has 3 unspecified atom stereocenters. The SMILES string of the molecule is COc1ccc(COCC(C)CC2CC(=O)CCC23NCc2cc(Cl)ccc23)cc1. The predicted molar refractivity (Wildman–Crippen MR) is 119 cm³/mol. The molecule has 5 heteroatoms. The normalized spacial score (nSPS) is 24.1. The van der Waals surface area contributed by atoms with Gasteiger partial charge in [-0.3, -0.25) is 4.79 Å². The van der Waals surface area contributed by atoms with E-state index in [0.717, 1.165) is 35.7 Å². The van der Waals surface area contributed by atoms with Gasteiger partial charge >= 0.3 is 0 Å². The number of hydrogen-bond donors (Lipinski definition) is 1. The van der Waals surface area contributed by atoms with Crippen molar-refractivity contribution >= 4 is 17.4 Å². The Morgan fingerprint density at radius 2 is 2.03 bits per heavy atom. The first-order valence-electron chi connectivity index (χ1n) is 10.8. The fourth-order valence-electron chi connectivity index (χ4n) is 5.11. The lowest BCUT2D eigenvalue weighted by Gasteiger charge is -2.43. The van der Waals surface area contributed by atoms with Crippen molar-refractivity contribution in [2.75, 3.05) is 13.7 Å². The van der Waals surface area contributed by atoms with Crippen LogP contribution < -0.4 is 10.1 Å². The molecule has 1 N–H and O–H groups in total. The quantitative estimate of drug-likeness (QED) is 0.654. The number of rotatable bonds is 7. The molecule has 1 aliphatic heterocycles. The summed E-state index contributed by atoms with van der Waals surface area (Å²) in [6.07, 6.45) is 3.11. The Kier molecular flexibility index (Phi) is 6.47. The van der Waals surface area contributed by atoms with Crippen LogP contribution in [-0.4, -0.2) is 19.5 Å². The number of benzene rings is 2. The van der Waals surface area contributed by atoms with Crippen molar-refractivity contribution in [2.24, 2.45) is 11.8 Å². The van der Waals surface area contributed by atoms with Gasteiger partial charge in [-0.1, -0.05) is 36.7 Å². The zero-order valence-corrected chi connectivity index (χ0v) is 18.5. The first-order valence-corrected chi connectivity index (χ1v) is 11.1. The van der Waals surface area contributed by atoms with E-state index in [0.29, 0.717) is 37.8 Å². The number of nitrogens with one attached hydrogen (secondary N) is 1. The van der Waals surface area contributed by atoms with Crippen LogP contribution in [0, 0.1) is 11.8 Å². The summed E-state index contributed by atoms with van der Waals surface area (Å²) in [4.78, 5) is 12.3. The molecule has 1 saturated carbocycles. The second-order valence-corrected chi connectivity index (χ2v) is 9.21. The predicted octanol–water partition coefficient (Wildman–Crippen LogP) is 5.26. The summed E-state index contributed by atoms with van der Waals surface area (Å²) in [5.74, 6) is 1.88. The van der Waals surface area contributed by atoms with E-state index in [1.165, 1.54) is 11.1 Å². The van der Waals surface area contributed by atoms with Gasteiger partial charge in [-0.2, -0.15) is 0 Å². The summed E-state index contributed by atoms with van der Waals surface area (Å²) in [6.45, 7) is 4.31. The van der Waals surface area contributed by atoms with Crippen molar-refractivity contribution in [3.05, 3.63) is 64.2 Å². The van der Waals surface area contributed by atoms with Crippen molar-refractivity contribution in [3.8, 4) is 5.75 Å². The Bertz CT molecular complexity index is 898. The lowest BCUT2D eigenvalue weighted by molar-refractivity contribution is -0.124. The minimum Gasteiger partial charge on any atom is -0.497 e. The van der Waals surface area contributed by atoms with Crippen LogP contribution in [0.25, 0.3) is 0 Å². The molecule has 160 valence electrons. The van der Waals surface area contributed by atoms with E-state index in [9.17, 15) is 4.79 Å². The highest BCUT2D eigenvalue weighted by molar-refractivity contribution is 6.30. The molecule has 2 aromatic carbocycles. The fourth-order valence-corrected chi connectivity index (χ4v) is 5.30. The van der Waals surface area contributed by atoms with Gasteiger partial charge in [-0.25, -0.2) is 0 Å². The highest BCUT2D eigenvalue weighted by Gasteiger charge is 2.48. The maximum absolute atomic E-state index is 12.3. The van der Waals surface area contributed by atoms with E-state index in [1.54, 1.807) is 7.11 Å². The van der Waals surface area contributed by atoms with Crippen LogP contribution in [-0.2, 0) is 28.2 Å². The smallest absolute Gasteiger partial charge is 0.133 e. The first-order chi connectivity index (χ1) is 14.5. The first kappa shape index (κ1) is 21.4. The number of carbonyl (C=O) groups excluding carboxylic acids is 1. The van der Waals surface area contributed by atoms with Gasteiger partial charge in [0.15, 0.2) is 0 Å². The van der Waals surface area contributed by atoms with Crippen LogP contribution in [0.4, 0.5) is 0 Å². The molecule has 0 bridgehead atoms. The average Bonchev–Trinajstić information content (AvgIpc) is 3.10. The summed E-state index contributed by atoms with van der Waals surface area (Å²) in [5, 5.41) is 4.54. The summed E-state index contributed by atoms with van der Waals surface area (Å²) in [5.41, 5.74) is 3.62. The van der Waals surface area contributed by atoms with E-state index in [1.807, 2.05) is 30.3 Å². The second-order valence-electron chi connectivity index (χ2n) is 8.77. The van der Waals surface area contributed by atoms with Gasteiger partial charge in [0.05, 0.1) is 13.7 Å². The number of ketones is 1. The third kappa shape index (κ3) is 4.41. The summed E-state index contributed by atoms with van der Waals surface area (Å²) in [7, 11) is 1.67. The van der Waals surface area contributed by atoms with Gasteiger partial charge in [0.25, 0.3) is 0 Å². The van der Waals surface area contributed by atoms with Gasteiger partial charge in [-0.05, 0) is 65.6 Å². The van der Waals surface area contributed by atoms with Crippen molar-refractivity contribution in [1.82, 2.24) is 5.32 Å². The highest BCUT2D eigenvalue weighted by Crippen LogP contribution is 2.48. The molecule has 3 atom stereocenters. The van der Waals surface area contributed by atoms with Crippen LogP contribution in [0.5, 0.6) is 5.75 Å². The van der Waals surface area contributed by atoms with E-state index in [2.05, 4.69) is 24.4 Å². The summed E-state index contributed by atoms with van der Waals surface area (Å²) < 4.78 is 11.2. The lowest BCUT2D eigenvalue weighted by Crippen LogP contribution is -2.48. The van der Waals surface area contributed by atoms with Crippen LogP contribution in [0.1, 0.15) is 49.3 Å². The molecule has 0 saturated heterocycles. The number of halogens is 1. The zero-order chi connectivity index (χ0) is 21.1. The number of hydrogen-bond acceptors (Lipinski definition) is 4. The monoisotopic (exact) mass is 427 g/mol. The molecule has 1 heterocycles. The Balaban J connectivity index is 1.39. The van der Waals surface area contributed by atoms with E-state index < -0.39 is 0 Å². The molecule has 2 aliphatic rings. The topological polar surface area (TPSA) is 47.6 Å². The van der Waals surface area contributed by atoms with Crippen molar-refractivity contribution in [2.45, 2.75) is 51.3 Å². The summed E-state index contributed by atoms with van der Waals surface area (Å²) >= 11 is 6.21. The molecule has 0 radical (unpaired) electrons. The van der Waals surface area contributed by atoms with Crippen molar-refractivity contribution < 1.29 is 14.3 Å². The third-order valence-corrected chi connectivity index (χ3v) is 6.86. The number of Topliss-reactive ketones (excluding diaryl/α,β-unsaturated/α-hetero) is 1. The van der Waals surface area contributed by atoms with Gasteiger partial charge in [0.1, 0.15) is 11.5 Å². The molecule has 0 amide bonds. The molecule has 30 heavy (non-hydrogen) atoms. The maximum atomic E-state index is 12.3. The third-order valence-electron chi connectivity index (χ3n) is 6.63. The highest BCUT2D eigenvalue weighted by atomic mass is 35.5. The van der Waals surface area contributed by atoms with Crippen LogP contribution in [0.15, 0.2) is 42.5 Å². The summed E-state index contributed by atoms with van der Waals surface area (Å²) in [6, 6.07) is 14.2. The number of fused-ring (bicyclic) bond motifs is 2. The molecule has 1 fully saturated rings. The average molecular weight is 428 g/mol. The van der Waals surface area contributed by atoms with Crippen LogP contribution in [0.3, 0.4) is 0 Å². The number of carbonyl (C=O) groups is 1. The maximum Gasteiger partial charge on any atom is 0.133 e. The van der Waals surface area contributed by atoms with E-state index >= 15 is 0 Å². The second kappa shape index (κ2) is 9.09. The molecule has 2 aromatic rings. The standard InChI is InChI=1S/C25H30ClNO3/c1-17(15-30-16-18-3-6-23(29-2)7-4-18)11-20-13-22(28)9-10-25(20)24-8-5-21(26)12-19(24)14-27-25/h3-8,12,17,20,27H,9-11,13-16H2,1-2H3. The molecule has 4 nitrogen and oxygen atoms in total. The largest absolute Gasteiger partial charge is 0.497 e. The Hall–Kier alpha value is -1.88. The Morgan fingerprint density at radius 3 is 2.80 bits per heavy atom. The molecular formula is C25H30ClNO3. The zero-order valence-electron chi connectivity index (χ0n) is 17.7. The molecule has 4 rings (SSSR count). The van der Waals surface area contributed by atoms with Gasteiger partial charge in [0, 0.05) is 36.6 Å². The van der Waals surface area contributed by atoms with Crippen molar-refractivity contribution in [3.63, 3.8) is 0 Å². The lowest BCUT2D eigenvalue weighted by atomic mass is 9.66. The van der Waals surface area contributed by atoms with Crippen LogP contribution >= 0.6 is 11.6 Å². The van der Waals surface area contributed by atoms with E-state index in [4.69, 9.17) is 21.1 Å². The van der Waals surface area contributed by atoms with Gasteiger partial charge in [0.2, 0.25) is 0 Å². The minimum atomic E-state index is -0.113. The van der Waals surface area contributed by atoms with Gasteiger partial charge in [-0.15, -0.1) is 0 Å². The molecule has 1 aliphatic carbocycles. The van der Waals surface area contributed by atoms with Gasteiger partial charge < -0.3 is 14.8 Å². The van der Waals surface area contributed by atoms with E-state index in [-0.39, 0.29) is 11.5 Å². The number of ether oxygens (including phenoxy) is 2. The van der Waals surface area contributed by atoms with Crippen molar-refractivity contribution in [1.29, 1.82) is 0 Å². The molecule has 1 spiro atoms. The molecule has 0 aromatic heterocycles. The Labute approximate surface area is 183 Å².